The third kappa shape index (κ3) is 4.25. The third-order valence-electron chi connectivity index (χ3n) is 5.47. The number of rotatable bonds is 6. The Kier molecular flexibility index (Phi) is 5.72. The molecular weight excluding hydrogens is 350 g/mol. The summed E-state index contributed by atoms with van der Waals surface area (Å²) in [4.78, 5) is 19.5. The second-order valence-electron chi connectivity index (χ2n) is 7.59. The fourth-order valence-corrected chi connectivity index (χ4v) is 3.80. The minimum absolute atomic E-state index is 0.0786. The summed E-state index contributed by atoms with van der Waals surface area (Å²) >= 11 is 0. The molecular formula is C23H27N3O2. The molecule has 3 aromatic rings. The molecule has 0 aliphatic carbocycles. The van der Waals surface area contributed by atoms with Crippen LogP contribution in [0.1, 0.15) is 36.0 Å². The zero-order chi connectivity index (χ0) is 19.3. The maximum absolute atomic E-state index is 12.7. The molecule has 1 aromatic heterocycles. The van der Waals surface area contributed by atoms with Crippen molar-refractivity contribution in [2.45, 2.75) is 38.2 Å². The van der Waals surface area contributed by atoms with Crippen LogP contribution < -0.4 is 4.74 Å². The van der Waals surface area contributed by atoms with E-state index in [1.165, 1.54) is 5.56 Å². The van der Waals surface area contributed by atoms with E-state index in [1.807, 2.05) is 36.4 Å². The van der Waals surface area contributed by atoms with Crippen LogP contribution in [0.2, 0.25) is 0 Å². The summed E-state index contributed by atoms with van der Waals surface area (Å²) in [6.45, 7) is 2.10. The Balaban J connectivity index is 1.43. The normalized spacial score (nSPS) is 15.8. The van der Waals surface area contributed by atoms with Crippen molar-refractivity contribution in [1.82, 2.24) is 14.5 Å². The number of hydrogen-bond donors (Lipinski definition) is 0. The highest BCUT2D eigenvalue weighted by Crippen LogP contribution is 2.27. The molecule has 0 N–H and O–H groups in total. The lowest BCUT2D eigenvalue weighted by Gasteiger charge is -2.29. The Morgan fingerprint density at radius 3 is 2.68 bits per heavy atom. The van der Waals surface area contributed by atoms with Crippen LogP contribution in [0.4, 0.5) is 0 Å². The lowest BCUT2D eigenvalue weighted by Crippen LogP contribution is -2.35. The van der Waals surface area contributed by atoms with Crippen LogP contribution >= 0.6 is 0 Å². The number of para-hydroxylation sites is 1. The van der Waals surface area contributed by atoms with E-state index in [4.69, 9.17) is 4.74 Å². The van der Waals surface area contributed by atoms with Crippen LogP contribution in [0.25, 0.3) is 11.0 Å². The Labute approximate surface area is 165 Å². The highest BCUT2D eigenvalue weighted by molar-refractivity contribution is 5.92. The molecule has 1 saturated heterocycles. The summed E-state index contributed by atoms with van der Waals surface area (Å²) in [7, 11) is 2.14. The van der Waals surface area contributed by atoms with Crippen molar-refractivity contribution in [2.75, 3.05) is 20.1 Å². The van der Waals surface area contributed by atoms with Crippen molar-refractivity contribution < 1.29 is 9.53 Å². The summed E-state index contributed by atoms with van der Waals surface area (Å²) in [5.41, 5.74) is 2.87. The molecule has 0 spiro atoms. The van der Waals surface area contributed by atoms with E-state index >= 15 is 0 Å². The minimum atomic E-state index is 0.0786. The highest BCUT2D eigenvalue weighted by Gasteiger charge is 2.20. The predicted octanol–water partition coefficient (Wildman–Crippen LogP) is 4.17. The number of carbonyl (C=O) groups is 1. The van der Waals surface area contributed by atoms with Crippen molar-refractivity contribution in [3.63, 3.8) is 0 Å². The van der Waals surface area contributed by atoms with Gasteiger partial charge in [0.1, 0.15) is 23.7 Å². The minimum Gasteiger partial charge on any atom is -0.488 e. The summed E-state index contributed by atoms with van der Waals surface area (Å²) < 4.78 is 7.90. The summed E-state index contributed by atoms with van der Waals surface area (Å²) in [6.07, 6.45) is 6.13. The average molecular weight is 377 g/mol. The van der Waals surface area contributed by atoms with E-state index in [0.29, 0.717) is 6.42 Å². The van der Waals surface area contributed by atoms with Crippen molar-refractivity contribution >= 4 is 16.9 Å². The second kappa shape index (κ2) is 8.57. The molecule has 0 saturated carbocycles. The molecule has 0 unspecified atom stereocenters. The summed E-state index contributed by atoms with van der Waals surface area (Å²) in [6, 6.07) is 16.1. The van der Waals surface area contributed by atoms with Gasteiger partial charge in [-0.3, -0.25) is 9.36 Å². The van der Waals surface area contributed by atoms with E-state index in [9.17, 15) is 4.79 Å². The van der Waals surface area contributed by atoms with Gasteiger partial charge in [-0.15, -0.1) is 0 Å². The number of aryl methyl sites for hydroxylation is 1. The molecule has 2 heterocycles. The van der Waals surface area contributed by atoms with Gasteiger partial charge in [-0.25, -0.2) is 4.98 Å². The number of carbonyl (C=O) groups excluding carboxylic acids is 1. The molecule has 0 amide bonds. The molecule has 1 aliphatic rings. The SMILES string of the molecule is CN1CCC(Oc2cccc3c2ncn3C(=O)CCCc2ccccc2)CC1. The largest absolute Gasteiger partial charge is 0.488 e. The number of piperidine rings is 1. The first-order valence-electron chi connectivity index (χ1n) is 10.1. The van der Waals surface area contributed by atoms with Gasteiger partial charge >= 0.3 is 0 Å². The van der Waals surface area contributed by atoms with Gasteiger partial charge in [-0.2, -0.15) is 0 Å². The van der Waals surface area contributed by atoms with E-state index in [-0.39, 0.29) is 12.0 Å². The topological polar surface area (TPSA) is 47.4 Å². The molecule has 1 fully saturated rings. The Morgan fingerprint density at radius 2 is 1.89 bits per heavy atom. The number of hydrogen-bond acceptors (Lipinski definition) is 4. The van der Waals surface area contributed by atoms with Crippen molar-refractivity contribution in [3.05, 3.63) is 60.4 Å². The van der Waals surface area contributed by atoms with Crippen LogP contribution in [0.5, 0.6) is 5.75 Å². The number of fused-ring (bicyclic) bond motifs is 1. The van der Waals surface area contributed by atoms with Crippen molar-refractivity contribution in [3.8, 4) is 5.75 Å². The van der Waals surface area contributed by atoms with Gasteiger partial charge in [0.05, 0.1) is 5.52 Å². The molecule has 0 atom stereocenters. The smallest absolute Gasteiger partial charge is 0.232 e. The van der Waals surface area contributed by atoms with Gasteiger partial charge in [0.2, 0.25) is 5.91 Å². The maximum atomic E-state index is 12.7. The first-order chi connectivity index (χ1) is 13.7. The summed E-state index contributed by atoms with van der Waals surface area (Å²) in [5.74, 6) is 0.859. The molecule has 0 radical (unpaired) electrons. The lowest BCUT2D eigenvalue weighted by molar-refractivity contribution is 0.0905. The van der Waals surface area contributed by atoms with Crippen molar-refractivity contribution in [2.24, 2.45) is 0 Å². The highest BCUT2D eigenvalue weighted by atomic mass is 16.5. The molecule has 0 bridgehead atoms. The number of benzene rings is 2. The molecule has 28 heavy (non-hydrogen) atoms. The number of imidazole rings is 1. The fraction of sp³-hybridized carbons (Fsp3) is 0.391. The number of nitrogens with zero attached hydrogens (tertiary/aromatic N) is 3. The Hall–Kier alpha value is -2.66. The standard InChI is InChI=1S/C23H27N3O2/c1-25-15-13-19(14-16-25)28-21-11-6-10-20-23(21)24-17-26(20)22(27)12-5-9-18-7-3-2-4-8-18/h2-4,6-8,10-11,17,19H,5,9,12-16H2,1H3. The van der Waals surface area contributed by atoms with Gasteiger partial charge in [-0.1, -0.05) is 36.4 Å². The van der Waals surface area contributed by atoms with Gasteiger partial charge in [0.15, 0.2) is 0 Å². The number of ether oxygens (including phenoxy) is 1. The molecule has 146 valence electrons. The van der Waals surface area contributed by atoms with Crippen LogP contribution in [0.15, 0.2) is 54.9 Å². The first-order valence-corrected chi connectivity index (χ1v) is 10.1. The average Bonchev–Trinajstić information content (AvgIpc) is 3.16. The Morgan fingerprint density at radius 1 is 1.11 bits per heavy atom. The van der Waals surface area contributed by atoms with Crippen LogP contribution in [0.3, 0.4) is 0 Å². The number of likely N-dealkylation sites (tertiary alicyclic amines) is 1. The van der Waals surface area contributed by atoms with Gasteiger partial charge in [0.25, 0.3) is 0 Å². The summed E-state index contributed by atoms with van der Waals surface area (Å²) in [5, 5.41) is 0. The predicted molar refractivity (Wildman–Crippen MR) is 111 cm³/mol. The molecule has 5 heteroatoms. The fourth-order valence-electron chi connectivity index (χ4n) is 3.80. The first kappa shape index (κ1) is 18.7. The third-order valence-corrected chi connectivity index (χ3v) is 5.47. The molecule has 1 aliphatic heterocycles. The van der Waals surface area contributed by atoms with E-state index in [0.717, 1.165) is 55.6 Å². The second-order valence-corrected chi connectivity index (χ2v) is 7.59. The molecule has 2 aromatic carbocycles. The monoisotopic (exact) mass is 377 g/mol. The van der Waals surface area contributed by atoms with Gasteiger partial charge in [0, 0.05) is 19.5 Å². The molecule has 4 rings (SSSR count). The zero-order valence-electron chi connectivity index (χ0n) is 16.4. The Bertz CT molecular complexity index is 927. The quantitative estimate of drug-likeness (QED) is 0.647. The van der Waals surface area contributed by atoms with E-state index in [2.05, 4.69) is 29.1 Å². The zero-order valence-corrected chi connectivity index (χ0v) is 16.4. The molecule has 5 nitrogen and oxygen atoms in total. The maximum Gasteiger partial charge on any atom is 0.232 e. The van der Waals surface area contributed by atoms with Gasteiger partial charge < -0.3 is 9.64 Å². The van der Waals surface area contributed by atoms with Gasteiger partial charge in [-0.05, 0) is 50.4 Å². The van der Waals surface area contributed by atoms with E-state index < -0.39 is 0 Å². The van der Waals surface area contributed by atoms with Crippen molar-refractivity contribution in [1.29, 1.82) is 0 Å². The van der Waals surface area contributed by atoms with Crippen LogP contribution in [-0.4, -0.2) is 46.6 Å². The van der Waals surface area contributed by atoms with Crippen LogP contribution in [0, 0.1) is 0 Å². The number of aromatic nitrogens is 2. The van der Waals surface area contributed by atoms with Crippen LogP contribution in [-0.2, 0) is 6.42 Å². The van der Waals surface area contributed by atoms with E-state index in [1.54, 1.807) is 10.9 Å². The lowest BCUT2D eigenvalue weighted by atomic mass is 10.1.